The van der Waals surface area contributed by atoms with Crippen molar-refractivity contribution in [3.05, 3.63) is 48.0 Å². The highest BCUT2D eigenvalue weighted by Crippen LogP contribution is 2.39. The Morgan fingerprint density at radius 2 is 1.71 bits per heavy atom. The lowest BCUT2D eigenvalue weighted by molar-refractivity contribution is 0.0992. The number of likely N-dealkylation sites (tertiary alicyclic amines) is 1. The SMILES string of the molecule is O=C1c2c3ccccc3nc3cccc(c23)N1CCN1CCCC1. The molecule has 2 aliphatic rings. The van der Waals surface area contributed by atoms with E-state index in [9.17, 15) is 4.79 Å². The molecule has 5 rings (SSSR count). The Bertz CT molecular complexity index is 960. The van der Waals surface area contributed by atoms with Crippen LogP contribution >= 0.6 is 0 Å². The second kappa shape index (κ2) is 5.28. The van der Waals surface area contributed by atoms with E-state index >= 15 is 0 Å². The van der Waals surface area contributed by atoms with Gasteiger partial charge >= 0.3 is 0 Å². The normalized spacial score (nSPS) is 17.5. The van der Waals surface area contributed by atoms with Crippen molar-refractivity contribution in [2.75, 3.05) is 31.1 Å². The maximum absolute atomic E-state index is 13.2. The Labute approximate surface area is 140 Å². The third kappa shape index (κ3) is 1.96. The summed E-state index contributed by atoms with van der Waals surface area (Å²) in [7, 11) is 0. The number of rotatable bonds is 3. The third-order valence-electron chi connectivity index (χ3n) is 5.27. The number of nitrogens with zero attached hydrogens (tertiary/aromatic N) is 3. The van der Waals surface area contributed by atoms with Gasteiger partial charge < -0.3 is 9.80 Å². The van der Waals surface area contributed by atoms with Crippen molar-refractivity contribution in [3.63, 3.8) is 0 Å². The van der Waals surface area contributed by atoms with Crippen molar-refractivity contribution < 1.29 is 4.79 Å². The molecular weight excluding hydrogens is 298 g/mol. The van der Waals surface area contributed by atoms with Gasteiger partial charge in [-0.15, -0.1) is 0 Å². The van der Waals surface area contributed by atoms with Gasteiger partial charge in [0.2, 0.25) is 0 Å². The molecule has 0 saturated carbocycles. The summed E-state index contributed by atoms with van der Waals surface area (Å²) in [6.07, 6.45) is 2.55. The van der Waals surface area contributed by atoms with Gasteiger partial charge in [0.15, 0.2) is 0 Å². The summed E-state index contributed by atoms with van der Waals surface area (Å²) in [5.41, 5.74) is 3.66. The average Bonchev–Trinajstić information content (AvgIpc) is 3.22. The molecule has 0 unspecified atom stereocenters. The lowest BCUT2D eigenvalue weighted by atomic mass is 10.0. The van der Waals surface area contributed by atoms with Crippen LogP contribution in [-0.4, -0.2) is 42.0 Å². The van der Waals surface area contributed by atoms with Crippen LogP contribution in [0.2, 0.25) is 0 Å². The van der Waals surface area contributed by atoms with Gasteiger partial charge in [-0.2, -0.15) is 0 Å². The van der Waals surface area contributed by atoms with Crippen molar-refractivity contribution in [1.82, 2.24) is 9.88 Å². The summed E-state index contributed by atoms with van der Waals surface area (Å²) in [6.45, 7) is 4.01. The van der Waals surface area contributed by atoms with Crippen molar-refractivity contribution in [2.24, 2.45) is 0 Å². The highest BCUT2D eigenvalue weighted by atomic mass is 16.2. The monoisotopic (exact) mass is 317 g/mol. The van der Waals surface area contributed by atoms with Gasteiger partial charge in [0.25, 0.3) is 5.91 Å². The summed E-state index contributed by atoms with van der Waals surface area (Å²) in [5, 5.41) is 1.98. The number of carbonyl (C=O) groups excluding carboxylic acids is 1. The van der Waals surface area contributed by atoms with Crippen LogP contribution in [0.25, 0.3) is 21.8 Å². The van der Waals surface area contributed by atoms with Crippen molar-refractivity contribution >= 4 is 33.4 Å². The van der Waals surface area contributed by atoms with E-state index in [1.807, 2.05) is 41.3 Å². The number of fused-ring (bicyclic) bond motifs is 2. The number of para-hydroxylation sites is 1. The van der Waals surface area contributed by atoms with Gasteiger partial charge in [0.05, 0.1) is 22.3 Å². The summed E-state index contributed by atoms with van der Waals surface area (Å²) < 4.78 is 0. The maximum Gasteiger partial charge on any atom is 0.259 e. The molecule has 0 bridgehead atoms. The zero-order valence-corrected chi connectivity index (χ0v) is 13.5. The lowest BCUT2D eigenvalue weighted by Crippen LogP contribution is -2.35. The topological polar surface area (TPSA) is 36.4 Å². The van der Waals surface area contributed by atoms with E-state index in [0.29, 0.717) is 0 Å². The quantitative estimate of drug-likeness (QED) is 0.694. The fourth-order valence-corrected chi connectivity index (χ4v) is 4.09. The van der Waals surface area contributed by atoms with Crippen LogP contribution in [0.4, 0.5) is 5.69 Å². The van der Waals surface area contributed by atoms with Crippen molar-refractivity contribution in [1.29, 1.82) is 0 Å². The van der Waals surface area contributed by atoms with Crippen LogP contribution in [0.5, 0.6) is 0 Å². The molecule has 2 aromatic carbocycles. The van der Waals surface area contributed by atoms with E-state index in [1.54, 1.807) is 0 Å². The Hall–Kier alpha value is -2.46. The highest BCUT2D eigenvalue weighted by Gasteiger charge is 2.32. The molecule has 4 heteroatoms. The van der Waals surface area contributed by atoms with Gasteiger partial charge in [0.1, 0.15) is 0 Å². The zero-order valence-electron chi connectivity index (χ0n) is 13.5. The lowest BCUT2D eigenvalue weighted by Gasteiger charge is -2.22. The second-order valence-electron chi connectivity index (χ2n) is 6.68. The molecule has 3 heterocycles. The van der Waals surface area contributed by atoms with Crippen LogP contribution in [0.1, 0.15) is 23.2 Å². The first-order chi connectivity index (χ1) is 11.8. The molecule has 3 aromatic rings. The van der Waals surface area contributed by atoms with Gasteiger partial charge in [-0.3, -0.25) is 4.79 Å². The molecule has 0 aliphatic carbocycles. The van der Waals surface area contributed by atoms with Crippen LogP contribution in [-0.2, 0) is 0 Å². The predicted octanol–water partition coefficient (Wildman–Crippen LogP) is 3.44. The Morgan fingerprint density at radius 3 is 2.58 bits per heavy atom. The van der Waals surface area contributed by atoms with E-state index in [4.69, 9.17) is 4.98 Å². The van der Waals surface area contributed by atoms with Gasteiger partial charge in [-0.25, -0.2) is 4.98 Å². The summed E-state index contributed by atoms with van der Waals surface area (Å²) in [5.74, 6) is 0.124. The Morgan fingerprint density at radius 1 is 0.917 bits per heavy atom. The van der Waals surface area contributed by atoms with E-state index in [2.05, 4.69) is 11.0 Å². The molecule has 4 nitrogen and oxygen atoms in total. The summed E-state index contributed by atoms with van der Waals surface area (Å²) in [6, 6.07) is 14.0. The number of aromatic nitrogens is 1. The van der Waals surface area contributed by atoms with Crippen LogP contribution in [0.3, 0.4) is 0 Å². The molecule has 0 N–H and O–H groups in total. The zero-order chi connectivity index (χ0) is 16.1. The maximum atomic E-state index is 13.2. The number of amides is 1. The average molecular weight is 317 g/mol. The van der Waals surface area contributed by atoms with Gasteiger partial charge in [0, 0.05) is 23.9 Å². The fourth-order valence-electron chi connectivity index (χ4n) is 4.09. The minimum Gasteiger partial charge on any atom is -0.306 e. The van der Waals surface area contributed by atoms with Crippen molar-refractivity contribution in [3.8, 4) is 0 Å². The number of benzene rings is 2. The van der Waals surface area contributed by atoms with E-state index in [-0.39, 0.29) is 5.91 Å². The number of anilines is 1. The Balaban J connectivity index is 1.62. The number of carbonyl (C=O) groups is 1. The molecule has 1 amide bonds. The standard InChI is InChI=1S/C20H19N3O/c24-20-18-14-6-1-2-7-15(14)21-16-8-5-9-17(19(16)18)23(20)13-12-22-10-3-4-11-22/h1-2,5-9H,3-4,10-13H2. The third-order valence-corrected chi connectivity index (χ3v) is 5.27. The van der Waals surface area contributed by atoms with Crippen LogP contribution in [0.15, 0.2) is 42.5 Å². The van der Waals surface area contributed by atoms with E-state index in [0.717, 1.165) is 59.2 Å². The first kappa shape index (κ1) is 13.9. The first-order valence-corrected chi connectivity index (χ1v) is 8.68. The molecule has 0 atom stereocenters. The number of hydrogen-bond acceptors (Lipinski definition) is 3. The van der Waals surface area contributed by atoms with Gasteiger partial charge in [-0.05, 0) is 44.1 Å². The largest absolute Gasteiger partial charge is 0.306 e. The highest BCUT2D eigenvalue weighted by molar-refractivity contribution is 6.30. The molecule has 120 valence electrons. The summed E-state index contributed by atoms with van der Waals surface area (Å²) in [4.78, 5) is 22.3. The molecule has 0 radical (unpaired) electrons. The first-order valence-electron chi connectivity index (χ1n) is 8.68. The second-order valence-corrected chi connectivity index (χ2v) is 6.68. The number of pyridine rings is 1. The van der Waals surface area contributed by atoms with Gasteiger partial charge in [-0.1, -0.05) is 24.3 Å². The Kier molecular flexibility index (Phi) is 3.06. The van der Waals surface area contributed by atoms with Crippen LogP contribution in [0, 0.1) is 0 Å². The smallest absolute Gasteiger partial charge is 0.259 e. The molecule has 1 aromatic heterocycles. The minimum absolute atomic E-state index is 0.124. The molecular formula is C20H19N3O. The van der Waals surface area contributed by atoms with Crippen molar-refractivity contribution in [2.45, 2.75) is 12.8 Å². The summed E-state index contributed by atoms with van der Waals surface area (Å²) >= 11 is 0. The van der Waals surface area contributed by atoms with Crippen LogP contribution < -0.4 is 4.90 Å². The fraction of sp³-hybridized carbons (Fsp3) is 0.300. The van der Waals surface area contributed by atoms with E-state index < -0.39 is 0 Å². The molecule has 0 spiro atoms. The molecule has 24 heavy (non-hydrogen) atoms. The molecule has 2 aliphatic heterocycles. The molecule has 1 fully saturated rings. The number of hydrogen-bond donors (Lipinski definition) is 0. The minimum atomic E-state index is 0.124. The molecule has 1 saturated heterocycles. The van der Waals surface area contributed by atoms with E-state index in [1.165, 1.54) is 12.8 Å². The predicted molar refractivity (Wildman–Crippen MR) is 96.6 cm³/mol.